The summed E-state index contributed by atoms with van der Waals surface area (Å²) in [7, 11) is 0. The normalized spacial score (nSPS) is 11.1. The molecular weight excluding hydrogens is 387 g/mol. The number of primary amides is 1. The average molecular weight is 398 g/mol. The second-order valence-electron chi connectivity index (χ2n) is 5.04. The monoisotopic (exact) mass is 397 g/mol. The molecule has 2 aromatic rings. The van der Waals surface area contributed by atoms with Crippen LogP contribution in [0.4, 0.5) is 13.2 Å². The van der Waals surface area contributed by atoms with Crippen molar-refractivity contribution in [3.8, 4) is 6.07 Å². The molecule has 0 spiro atoms. The maximum absolute atomic E-state index is 12.9. The standard InChI is InChI=1S/C16H11BrF3N3O/c17-14-5-10(11(6-21)4-13(14)16(18,19)20)2-1-9-3-12(15(22)24)8-23-7-9/h3-5,7-8H,1-2H2,(H2,22,24). The maximum Gasteiger partial charge on any atom is 0.417 e. The smallest absolute Gasteiger partial charge is 0.366 e. The molecule has 0 bridgehead atoms. The number of benzene rings is 1. The van der Waals surface area contributed by atoms with Gasteiger partial charge in [0.2, 0.25) is 5.91 Å². The number of amides is 1. The second-order valence-corrected chi connectivity index (χ2v) is 5.90. The molecule has 0 radical (unpaired) electrons. The van der Waals surface area contributed by atoms with Gasteiger partial charge in [0.1, 0.15) is 0 Å². The molecule has 4 nitrogen and oxygen atoms in total. The molecule has 1 aromatic heterocycles. The number of hydrogen-bond donors (Lipinski definition) is 1. The number of pyridine rings is 1. The summed E-state index contributed by atoms with van der Waals surface area (Å²) in [5.74, 6) is -0.612. The predicted octanol–water partition coefficient (Wildman–Crippen LogP) is 3.62. The van der Waals surface area contributed by atoms with Crippen LogP contribution < -0.4 is 5.73 Å². The Morgan fingerprint density at radius 1 is 1.25 bits per heavy atom. The fraction of sp³-hybridized carbons (Fsp3) is 0.188. The number of nitrogens with zero attached hydrogens (tertiary/aromatic N) is 2. The van der Waals surface area contributed by atoms with E-state index in [1.807, 2.05) is 0 Å². The van der Waals surface area contributed by atoms with Gasteiger partial charge in [0.25, 0.3) is 0 Å². The fourth-order valence-corrected chi connectivity index (χ4v) is 2.80. The molecule has 8 heteroatoms. The quantitative estimate of drug-likeness (QED) is 0.855. The zero-order chi connectivity index (χ0) is 17.9. The molecule has 0 atom stereocenters. The first-order valence-corrected chi connectivity index (χ1v) is 7.55. The van der Waals surface area contributed by atoms with Gasteiger partial charge in [-0.2, -0.15) is 18.4 Å². The average Bonchev–Trinajstić information content (AvgIpc) is 2.52. The lowest BCUT2D eigenvalue weighted by Crippen LogP contribution is -2.12. The van der Waals surface area contributed by atoms with Crippen LogP contribution in [0.1, 0.15) is 32.6 Å². The third-order valence-electron chi connectivity index (χ3n) is 3.38. The van der Waals surface area contributed by atoms with Gasteiger partial charge in [-0.25, -0.2) is 0 Å². The SMILES string of the molecule is N#Cc1cc(C(F)(F)F)c(Br)cc1CCc1cncc(C(N)=O)c1. The summed E-state index contributed by atoms with van der Waals surface area (Å²) < 4.78 is 38.5. The zero-order valence-electron chi connectivity index (χ0n) is 12.2. The van der Waals surface area contributed by atoms with E-state index in [9.17, 15) is 18.0 Å². The fourth-order valence-electron chi connectivity index (χ4n) is 2.18. The summed E-state index contributed by atoms with van der Waals surface area (Å²) >= 11 is 2.90. The number of alkyl halides is 3. The van der Waals surface area contributed by atoms with Crippen LogP contribution in [0.25, 0.3) is 0 Å². The van der Waals surface area contributed by atoms with Crippen LogP contribution in [0.2, 0.25) is 0 Å². The number of rotatable bonds is 4. The summed E-state index contributed by atoms with van der Waals surface area (Å²) in [4.78, 5) is 15.0. The molecule has 0 saturated heterocycles. The van der Waals surface area contributed by atoms with Crippen molar-refractivity contribution in [1.29, 1.82) is 5.26 Å². The van der Waals surface area contributed by atoms with E-state index in [0.29, 0.717) is 24.0 Å². The molecule has 0 saturated carbocycles. The number of halogens is 4. The summed E-state index contributed by atoms with van der Waals surface area (Å²) in [5.41, 5.74) is 5.68. The molecule has 2 N–H and O–H groups in total. The third-order valence-corrected chi connectivity index (χ3v) is 4.04. The van der Waals surface area contributed by atoms with Crippen LogP contribution in [0.15, 0.2) is 35.1 Å². The van der Waals surface area contributed by atoms with Gasteiger partial charge in [0, 0.05) is 16.9 Å². The van der Waals surface area contributed by atoms with Gasteiger partial charge in [0.05, 0.1) is 22.8 Å². The van der Waals surface area contributed by atoms with Gasteiger partial charge in [0.15, 0.2) is 0 Å². The lowest BCUT2D eigenvalue weighted by Gasteiger charge is -2.12. The molecule has 1 aromatic carbocycles. The molecule has 24 heavy (non-hydrogen) atoms. The van der Waals surface area contributed by atoms with Crippen molar-refractivity contribution in [2.24, 2.45) is 5.73 Å². The minimum Gasteiger partial charge on any atom is -0.366 e. The highest BCUT2D eigenvalue weighted by Crippen LogP contribution is 2.36. The van der Waals surface area contributed by atoms with Crippen LogP contribution in [0, 0.1) is 11.3 Å². The minimum absolute atomic E-state index is 0.0375. The van der Waals surface area contributed by atoms with Crippen LogP contribution in [-0.2, 0) is 19.0 Å². The van der Waals surface area contributed by atoms with Crippen LogP contribution >= 0.6 is 15.9 Å². The molecule has 0 unspecified atom stereocenters. The Morgan fingerprint density at radius 3 is 2.54 bits per heavy atom. The van der Waals surface area contributed by atoms with E-state index >= 15 is 0 Å². The van der Waals surface area contributed by atoms with Crippen molar-refractivity contribution in [3.63, 3.8) is 0 Å². The molecule has 0 aliphatic carbocycles. The van der Waals surface area contributed by atoms with Crippen molar-refractivity contribution in [3.05, 3.63) is 62.9 Å². The first-order valence-electron chi connectivity index (χ1n) is 6.76. The van der Waals surface area contributed by atoms with E-state index < -0.39 is 17.6 Å². The van der Waals surface area contributed by atoms with E-state index in [0.717, 1.165) is 6.07 Å². The first-order chi connectivity index (χ1) is 11.2. The Balaban J connectivity index is 2.27. The van der Waals surface area contributed by atoms with E-state index in [-0.39, 0.29) is 15.6 Å². The molecule has 0 aliphatic rings. The molecular formula is C16H11BrF3N3O. The van der Waals surface area contributed by atoms with Crippen LogP contribution in [-0.4, -0.2) is 10.9 Å². The Bertz CT molecular complexity index is 828. The van der Waals surface area contributed by atoms with Crippen molar-refractivity contribution in [1.82, 2.24) is 4.98 Å². The van der Waals surface area contributed by atoms with Crippen LogP contribution in [0.5, 0.6) is 0 Å². The molecule has 1 amide bonds. The van der Waals surface area contributed by atoms with Gasteiger partial charge in [-0.15, -0.1) is 0 Å². The van der Waals surface area contributed by atoms with Crippen molar-refractivity contribution in [2.45, 2.75) is 19.0 Å². The lowest BCUT2D eigenvalue weighted by molar-refractivity contribution is -0.138. The number of carbonyl (C=O) groups excluding carboxylic acids is 1. The van der Waals surface area contributed by atoms with Crippen LogP contribution in [0.3, 0.4) is 0 Å². The molecule has 2 rings (SSSR count). The number of aryl methyl sites for hydroxylation is 2. The van der Waals surface area contributed by atoms with Crippen molar-refractivity contribution < 1.29 is 18.0 Å². The largest absolute Gasteiger partial charge is 0.417 e. The second kappa shape index (κ2) is 7.01. The number of hydrogen-bond acceptors (Lipinski definition) is 3. The van der Waals surface area contributed by atoms with E-state index in [2.05, 4.69) is 20.9 Å². The topological polar surface area (TPSA) is 79.8 Å². The molecule has 0 fully saturated rings. The Labute approximate surface area is 144 Å². The number of aromatic nitrogens is 1. The Kier molecular flexibility index (Phi) is 5.24. The van der Waals surface area contributed by atoms with Gasteiger partial charge in [-0.3, -0.25) is 9.78 Å². The van der Waals surface area contributed by atoms with Gasteiger partial charge in [-0.05, 0) is 42.2 Å². The summed E-state index contributed by atoms with van der Waals surface area (Å²) in [5, 5.41) is 9.11. The molecule has 124 valence electrons. The maximum atomic E-state index is 12.9. The Morgan fingerprint density at radius 2 is 1.96 bits per heavy atom. The number of carbonyl (C=O) groups is 1. The van der Waals surface area contributed by atoms with E-state index in [1.54, 1.807) is 12.1 Å². The van der Waals surface area contributed by atoms with Gasteiger partial charge in [-0.1, -0.05) is 15.9 Å². The summed E-state index contributed by atoms with van der Waals surface area (Å²) in [6, 6.07) is 5.49. The number of nitriles is 1. The minimum atomic E-state index is -4.54. The van der Waals surface area contributed by atoms with Gasteiger partial charge >= 0.3 is 6.18 Å². The summed E-state index contributed by atoms with van der Waals surface area (Å²) in [6.45, 7) is 0. The summed E-state index contributed by atoms with van der Waals surface area (Å²) in [6.07, 6.45) is -0.939. The molecule has 1 heterocycles. The van der Waals surface area contributed by atoms with Crippen molar-refractivity contribution in [2.75, 3.05) is 0 Å². The zero-order valence-corrected chi connectivity index (χ0v) is 13.8. The van der Waals surface area contributed by atoms with E-state index in [4.69, 9.17) is 11.0 Å². The van der Waals surface area contributed by atoms with Gasteiger partial charge < -0.3 is 5.73 Å². The van der Waals surface area contributed by atoms with E-state index in [1.165, 1.54) is 18.5 Å². The third kappa shape index (κ3) is 4.11. The van der Waals surface area contributed by atoms with Crippen molar-refractivity contribution >= 4 is 21.8 Å². The highest BCUT2D eigenvalue weighted by molar-refractivity contribution is 9.10. The predicted molar refractivity (Wildman–Crippen MR) is 84.0 cm³/mol. The first kappa shape index (κ1) is 17.9. The Hall–Kier alpha value is -2.40. The highest BCUT2D eigenvalue weighted by Gasteiger charge is 2.33. The molecule has 0 aliphatic heterocycles. The highest BCUT2D eigenvalue weighted by atomic mass is 79.9. The number of nitrogens with two attached hydrogens (primary N) is 1. The lowest BCUT2D eigenvalue weighted by atomic mass is 9.98.